The van der Waals surface area contributed by atoms with E-state index in [1.165, 1.54) is 11.1 Å². The number of carbonyl (C=O) groups is 1. The lowest BCUT2D eigenvalue weighted by molar-refractivity contribution is -0.147. The van der Waals surface area contributed by atoms with E-state index in [4.69, 9.17) is 11.2 Å². The fourth-order valence-electron chi connectivity index (χ4n) is 3.07. The van der Waals surface area contributed by atoms with Gasteiger partial charge in [-0.2, -0.15) is 0 Å². The van der Waals surface area contributed by atoms with Crippen molar-refractivity contribution in [2.75, 3.05) is 0 Å². The molecule has 2 rings (SSSR count). The van der Waals surface area contributed by atoms with E-state index in [1.54, 1.807) is 6.08 Å². The molecule has 1 aromatic carbocycles. The minimum Gasteiger partial charge on any atom is -0.445 e. The van der Waals surface area contributed by atoms with Crippen LogP contribution in [0.25, 0.3) is 0 Å². The van der Waals surface area contributed by atoms with Gasteiger partial charge in [0.05, 0.1) is 5.92 Å². The predicted molar refractivity (Wildman–Crippen MR) is 98.2 cm³/mol. The van der Waals surface area contributed by atoms with Gasteiger partial charge in [-0.05, 0) is 43.2 Å². The molecule has 0 heterocycles. The van der Waals surface area contributed by atoms with Gasteiger partial charge in [-0.15, -0.1) is 6.42 Å². The molecule has 24 heavy (non-hydrogen) atoms. The standard InChI is InChI=1S/C22H26O2/c1-6-18(14-10-13-17-11-8-7-9-12-17)24-21(23)20-19(15-16(2)3)22(20,4)5/h1,7-12,14-15,18-20H,13H2,2-5H3/b14-10+. The Morgan fingerprint density at radius 2 is 2.00 bits per heavy atom. The molecule has 2 nitrogen and oxygen atoms in total. The summed E-state index contributed by atoms with van der Waals surface area (Å²) >= 11 is 0. The first kappa shape index (κ1) is 18.1. The van der Waals surface area contributed by atoms with Crippen LogP contribution < -0.4 is 0 Å². The Hall–Kier alpha value is -2.27. The monoisotopic (exact) mass is 322 g/mol. The summed E-state index contributed by atoms with van der Waals surface area (Å²) in [6, 6.07) is 10.1. The molecule has 0 N–H and O–H groups in total. The summed E-state index contributed by atoms with van der Waals surface area (Å²) in [7, 11) is 0. The average molecular weight is 322 g/mol. The zero-order chi connectivity index (χ0) is 17.7. The highest BCUT2D eigenvalue weighted by Crippen LogP contribution is 2.59. The summed E-state index contributed by atoms with van der Waals surface area (Å²) < 4.78 is 5.52. The maximum Gasteiger partial charge on any atom is 0.311 e. The van der Waals surface area contributed by atoms with Gasteiger partial charge in [-0.25, -0.2) is 0 Å². The van der Waals surface area contributed by atoms with Crippen molar-refractivity contribution in [2.24, 2.45) is 17.3 Å². The number of esters is 1. The molecule has 0 aliphatic heterocycles. The van der Waals surface area contributed by atoms with Crippen LogP contribution in [0, 0.1) is 29.6 Å². The Bertz CT molecular complexity index is 670. The lowest BCUT2D eigenvalue weighted by Gasteiger charge is -2.09. The first-order chi connectivity index (χ1) is 11.4. The minimum atomic E-state index is -0.607. The fraction of sp³-hybridized carbons (Fsp3) is 0.409. The van der Waals surface area contributed by atoms with Crippen molar-refractivity contribution < 1.29 is 9.53 Å². The van der Waals surface area contributed by atoms with Gasteiger partial charge in [-0.3, -0.25) is 4.79 Å². The third kappa shape index (κ3) is 4.38. The summed E-state index contributed by atoms with van der Waals surface area (Å²) in [5, 5.41) is 0. The van der Waals surface area contributed by atoms with E-state index < -0.39 is 6.10 Å². The first-order valence-corrected chi connectivity index (χ1v) is 8.38. The number of benzene rings is 1. The number of hydrogen-bond acceptors (Lipinski definition) is 2. The van der Waals surface area contributed by atoms with Gasteiger partial charge >= 0.3 is 5.97 Å². The van der Waals surface area contributed by atoms with Crippen molar-refractivity contribution in [3.8, 4) is 12.3 Å². The zero-order valence-electron chi connectivity index (χ0n) is 15.0. The van der Waals surface area contributed by atoms with Crippen LogP contribution in [0.3, 0.4) is 0 Å². The molecule has 3 atom stereocenters. The van der Waals surface area contributed by atoms with Crippen LogP contribution >= 0.6 is 0 Å². The highest BCUT2D eigenvalue weighted by Gasteiger charge is 2.61. The molecule has 2 heteroatoms. The molecule has 0 bridgehead atoms. The van der Waals surface area contributed by atoms with Crippen molar-refractivity contribution in [1.82, 2.24) is 0 Å². The third-order valence-electron chi connectivity index (χ3n) is 4.59. The van der Waals surface area contributed by atoms with E-state index in [9.17, 15) is 4.79 Å². The molecule has 0 saturated heterocycles. The van der Waals surface area contributed by atoms with Crippen LogP contribution in [0.4, 0.5) is 0 Å². The number of terminal acetylenes is 1. The molecule has 1 aromatic rings. The van der Waals surface area contributed by atoms with Crippen LogP contribution in [0.5, 0.6) is 0 Å². The molecule has 1 saturated carbocycles. The Morgan fingerprint density at radius 3 is 2.58 bits per heavy atom. The summed E-state index contributed by atoms with van der Waals surface area (Å²) in [6.07, 6.45) is 11.6. The Balaban J connectivity index is 1.92. The van der Waals surface area contributed by atoms with Crippen LogP contribution in [0.15, 0.2) is 54.1 Å². The van der Waals surface area contributed by atoms with Gasteiger partial charge in [-0.1, -0.05) is 67.8 Å². The van der Waals surface area contributed by atoms with Crippen LogP contribution in [-0.4, -0.2) is 12.1 Å². The second-order valence-electron chi connectivity index (χ2n) is 7.21. The van der Waals surface area contributed by atoms with Crippen LogP contribution in [-0.2, 0) is 16.0 Å². The molecule has 0 radical (unpaired) electrons. The number of rotatable bonds is 6. The Labute approximate surface area is 145 Å². The van der Waals surface area contributed by atoms with E-state index in [-0.39, 0.29) is 23.2 Å². The van der Waals surface area contributed by atoms with Crippen molar-refractivity contribution in [1.29, 1.82) is 0 Å². The normalized spacial score (nSPS) is 22.5. The third-order valence-corrected chi connectivity index (χ3v) is 4.59. The summed E-state index contributed by atoms with van der Waals surface area (Å²) in [4.78, 5) is 12.4. The van der Waals surface area contributed by atoms with Gasteiger partial charge in [0, 0.05) is 0 Å². The molecular weight excluding hydrogens is 296 g/mol. The van der Waals surface area contributed by atoms with Gasteiger partial charge in [0.2, 0.25) is 0 Å². The highest BCUT2D eigenvalue weighted by atomic mass is 16.5. The SMILES string of the molecule is C#CC(/C=C/Cc1ccccc1)OC(=O)C1C(C=C(C)C)C1(C)C. The second kappa shape index (κ2) is 7.53. The van der Waals surface area contributed by atoms with E-state index >= 15 is 0 Å². The van der Waals surface area contributed by atoms with Crippen molar-refractivity contribution in [2.45, 2.75) is 40.2 Å². The minimum absolute atomic E-state index is 0.0543. The van der Waals surface area contributed by atoms with E-state index in [2.05, 4.69) is 38.0 Å². The van der Waals surface area contributed by atoms with Crippen LogP contribution in [0.1, 0.15) is 33.3 Å². The zero-order valence-corrected chi connectivity index (χ0v) is 15.0. The summed E-state index contributed by atoms with van der Waals surface area (Å²) in [5.74, 6) is 2.47. The first-order valence-electron chi connectivity index (χ1n) is 8.38. The quantitative estimate of drug-likeness (QED) is 0.436. The maximum atomic E-state index is 12.4. The molecule has 126 valence electrons. The molecule has 1 aliphatic carbocycles. The molecular formula is C22H26O2. The molecule has 0 spiro atoms. The Kier molecular flexibility index (Phi) is 5.67. The summed E-state index contributed by atoms with van der Waals surface area (Å²) in [6.45, 7) is 8.29. The number of allylic oxidation sites excluding steroid dienone is 3. The van der Waals surface area contributed by atoms with E-state index in [0.29, 0.717) is 0 Å². The van der Waals surface area contributed by atoms with E-state index in [0.717, 1.165) is 6.42 Å². The largest absolute Gasteiger partial charge is 0.445 e. The summed E-state index contributed by atoms with van der Waals surface area (Å²) in [5.41, 5.74) is 2.36. The van der Waals surface area contributed by atoms with Gasteiger partial charge in [0.25, 0.3) is 0 Å². The maximum absolute atomic E-state index is 12.4. The molecule has 0 aromatic heterocycles. The number of ether oxygens (including phenoxy) is 1. The molecule has 1 fully saturated rings. The lowest BCUT2D eigenvalue weighted by Crippen LogP contribution is -2.18. The van der Waals surface area contributed by atoms with Crippen molar-refractivity contribution >= 4 is 5.97 Å². The van der Waals surface area contributed by atoms with Crippen LogP contribution in [0.2, 0.25) is 0 Å². The number of hydrogen-bond donors (Lipinski definition) is 0. The second-order valence-corrected chi connectivity index (χ2v) is 7.21. The van der Waals surface area contributed by atoms with Crippen molar-refractivity contribution in [3.05, 3.63) is 59.7 Å². The van der Waals surface area contributed by atoms with E-state index in [1.807, 2.05) is 38.1 Å². The van der Waals surface area contributed by atoms with Gasteiger partial charge in [0.15, 0.2) is 6.10 Å². The molecule has 0 amide bonds. The lowest BCUT2D eigenvalue weighted by atomic mass is 10.1. The number of carbonyl (C=O) groups excluding carboxylic acids is 1. The topological polar surface area (TPSA) is 26.3 Å². The Morgan fingerprint density at radius 1 is 1.33 bits per heavy atom. The van der Waals surface area contributed by atoms with Crippen molar-refractivity contribution in [3.63, 3.8) is 0 Å². The fourth-order valence-corrected chi connectivity index (χ4v) is 3.07. The molecule has 1 aliphatic rings. The highest BCUT2D eigenvalue weighted by molar-refractivity contribution is 5.78. The van der Waals surface area contributed by atoms with Gasteiger partial charge in [0.1, 0.15) is 0 Å². The smallest absolute Gasteiger partial charge is 0.311 e. The predicted octanol–water partition coefficient (Wildman–Crippen LogP) is 4.57. The molecule has 3 unspecified atom stereocenters. The van der Waals surface area contributed by atoms with Gasteiger partial charge < -0.3 is 4.74 Å². The average Bonchev–Trinajstić information content (AvgIpc) is 3.07.